The van der Waals surface area contributed by atoms with E-state index in [0.29, 0.717) is 19.4 Å². The van der Waals surface area contributed by atoms with E-state index in [9.17, 15) is 9.59 Å². The van der Waals surface area contributed by atoms with E-state index in [-0.39, 0.29) is 11.8 Å². The second kappa shape index (κ2) is 3.90. The summed E-state index contributed by atoms with van der Waals surface area (Å²) in [6.07, 6.45) is 2.56. The minimum absolute atomic E-state index is 0.182. The number of rotatable bonds is 2. The molecule has 1 aliphatic rings. The fraction of sp³-hybridized carbons (Fsp3) is 0.800. The van der Waals surface area contributed by atoms with Crippen LogP contribution in [-0.4, -0.2) is 18.4 Å². The van der Waals surface area contributed by atoms with E-state index in [2.05, 4.69) is 0 Å². The molecular weight excluding hydrogens is 168 g/mol. The summed E-state index contributed by atoms with van der Waals surface area (Å²) >= 11 is 0. The van der Waals surface area contributed by atoms with E-state index >= 15 is 0 Å². The van der Waals surface area contributed by atoms with Crippen LogP contribution in [0.5, 0.6) is 0 Å². The van der Waals surface area contributed by atoms with E-state index in [1.54, 1.807) is 6.92 Å². The molecule has 3 nitrogen and oxygen atoms in total. The number of hydrogen-bond acceptors (Lipinski definition) is 3. The first-order valence-corrected chi connectivity index (χ1v) is 4.77. The highest BCUT2D eigenvalue weighted by atomic mass is 16.5. The lowest BCUT2D eigenvalue weighted by atomic mass is 9.75. The zero-order valence-electron chi connectivity index (χ0n) is 8.26. The van der Waals surface area contributed by atoms with Crippen molar-refractivity contribution in [1.82, 2.24) is 0 Å². The number of esters is 1. The summed E-state index contributed by atoms with van der Waals surface area (Å²) in [6, 6.07) is 0. The highest BCUT2D eigenvalue weighted by Gasteiger charge is 2.39. The molecular formula is C10H16O3. The highest BCUT2D eigenvalue weighted by Crippen LogP contribution is 2.35. The van der Waals surface area contributed by atoms with Gasteiger partial charge in [0, 0.05) is 12.8 Å². The van der Waals surface area contributed by atoms with Crippen LogP contribution in [0, 0.1) is 5.41 Å². The largest absolute Gasteiger partial charge is 0.466 e. The molecule has 0 radical (unpaired) electrons. The number of ether oxygens (including phenoxy) is 1. The molecule has 0 heterocycles. The maximum Gasteiger partial charge on any atom is 0.312 e. The van der Waals surface area contributed by atoms with Gasteiger partial charge >= 0.3 is 5.97 Å². The zero-order valence-corrected chi connectivity index (χ0v) is 8.26. The van der Waals surface area contributed by atoms with Crippen molar-refractivity contribution in [2.45, 2.75) is 39.5 Å². The van der Waals surface area contributed by atoms with Crippen molar-refractivity contribution in [3.05, 3.63) is 0 Å². The van der Waals surface area contributed by atoms with Crippen molar-refractivity contribution >= 4 is 11.8 Å². The van der Waals surface area contributed by atoms with Gasteiger partial charge in [-0.25, -0.2) is 0 Å². The third kappa shape index (κ3) is 2.29. The molecule has 3 heteroatoms. The molecule has 1 aliphatic carbocycles. The predicted octanol–water partition coefficient (Wildman–Crippen LogP) is 1.70. The number of Topliss-reactive ketones (excluding diaryl/α,β-unsaturated/α-hetero) is 1. The fourth-order valence-corrected chi connectivity index (χ4v) is 1.77. The summed E-state index contributed by atoms with van der Waals surface area (Å²) < 4.78 is 4.94. The lowest BCUT2D eigenvalue weighted by Gasteiger charge is -2.29. The lowest BCUT2D eigenvalue weighted by Crippen LogP contribution is -2.35. The molecule has 0 saturated heterocycles. The molecule has 0 amide bonds. The van der Waals surface area contributed by atoms with Gasteiger partial charge in [-0.3, -0.25) is 9.59 Å². The van der Waals surface area contributed by atoms with Gasteiger partial charge in [-0.1, -0.05) is 0 Å². The molecule has 0 spiro atoms. The summed E-state index contributed by atoms with van der Waals surface area (Å²) in [7, 11) is 0. The molecule has 13 heavy (non-hydrogen) atoms. The van der Waals surface area contributed by atoms with Crippen LogP contribution < -0.4 is 0 Å². The van der Waals surface area contributed by atoms with Gasteiger partial charge in [-0.15, -0.1) is 0 Å². The van der Waals surface area contributed by atoms with Gasteiger partial charge in [0.15, 0.2) is 0 Å². The van der Waals surface area contributed by atoms with Crippen molar-refractivity contribution in [2.75, 3.05) is 6.61 Å². The minimum atomic E-state index is -0.550. The SMILES string of the molecule is CCOC(=O)C1(C)CCCC(=O)C1. The first-order chi connectivity index (χ1) is 6.08. The molecule has 0 aromatic heterocycles. The first-order valence-electron chi connectivity index (χ1n) is 4.77. The van der Waals surface area contributed by atoms with Crippen molar-refractivity contribution in [3.8, 4) is 0 Å². The maximum atomic E-state index is 11.5. The second-order valence-corrected chi connectivity index (χ2v) is 3.85. The average molecular weight is 184 g/mol. The Hall–Kier alpha value is -0.860. The molecule has 1 atom stereocenters. The Morgan fingerprint density at radius 1 is 1.62 bits per heavy atom. The van der Waals surface area contributed by atoms with Crippen LogP contribution in [0.1, 0.15) is 39.5 Å². The summed E-state index contributed by atoms with van der Waals surface area (Å²) in [5.74, 6) is -0.0372. The maximum absolute atomic E-state index is 11.5. The average Bonchev–Trinajstić information content (AvgIpc) is 2.04. The molecule has 0 aromatic carbocycles. The Labute approximate surface area is 78.5 Å². The Morgan fingerprint density at radius 2 is 2.31 bits per heavy atom. The van der Waals surface area contributed by atoms with E-state index in [4.69, 9.17) is 4.74 Å². The molecule has 1 fully saturated rings. The lowest BCUT2D eigenvalue weighted by molar-refractivity contribution is -0.158. The molecule has 1 unspecified atom stereocenters. The van der Waals surface area contributed by atoms with Crippen molar-refractivity contribution < 1.29 is 14.3 Å². The minimum Gasteiger partial charge on any atom is -0.466 e. The van der Waals surface area contributed by atoms with Crippen LogP contribution in [0.25, 0.3) is 0 Å². The number of carbonyl (C=O) groups excluding carboxylic acids is 2. The molecule has 1 saturated carbocycles. The smallest absolute Gasteiger partial charge is 0.312 e. The van der Waals surface area contributed by atoms with E-state index in [1.807, 2.05) is 6.92 Å². The van der Waals surface area contributed by atoms with Crippen LogP contribution >= 0.6 is 0 Å². The Morgan fingerprint density at radius 3 is 2.85 bits per heavy atom. The fourth-order valence-electron chi connectivity index (χ4n) is 1.77. The molecule has 74 valence electrons. The van der Waals surface area contributed by atoms with Crippen molar-refractivity contribution in [2.24, 2.45) is 5.41 Å². The Bertz CT molecular complexity index is 222. The van der Waals surface area contributed by atoms with Gasteiger partial charge in [0.05, 0.1) is 12.0 Å². The van der Waals surface area contributed by atoms with Crippen LogP contribution in [0.2, 0.25) is 0 Å². The van der Waals surface area contributed by atoms with Crippen LogP contribution in [0.4, 0.5) is 0 Å². The summed E-state index contributed by atoms with van der Waals surface area (Å²) in [5.41, 5.74) is -0.550. The summed E-state index contributed by atoms with van der Waals surface area (Å²) in [4.78, 5) is 22.7. The third-order valence-electron chi connectivity index (χ3n) is 2.54. The Kier molecular flexibility index (Phi) is 3.07. The van der Waals surface area contributed by atoms with Crippen LogP contribution in [0.3, 0.4) is 0 Å². The van der Waals surface area contributed by atoms with Gasteiger partial charge < -0.3 is 4.74 Å². The standard InChI is InChI=1S/C10H16O3/c1-3-13-9(12)10(2)6-4-5-8(11)7-10/h3-7H2,1-2H3. The number of carbonyl (C=O) groups is 2. The summed E-state index contributed by atoms with van der Waals surface area (Å²) in [6.45, 7) is 4.00. The van der Waals surface area contributed by atoms with Crippen LogP contribution in [0.15, 0.2) is 0 Å². The first kappa shape index (κ1) is 10.2. The monoisotopic (exact) mass is 184 g/mol. The molecule has 1 rings (SSSR count). The number of ketones is 1. The van der Waals surface area contributed by atoms with Gasteiger partial charge in [-0.2, -0.15) is 0 Å². The van der Waals surface area contributed by atoms with Gasteiger partial charge in [0.25, 0.3) is 0 Å². The van der Waals surface area contributed by atoms with Crippen molar-refractivity contribution in [1.29, 1.82) is 0 Å². The van der Waals surface area contributed by atoms with Gasteiger partial charge in [0.1, 0.15) is 5.78 Å². The van der Waals surface area contributed by atoms with E-state index in [0.717, 1.165) is 12.8 Å². The molecule has 0 bridgehead atoms. The topological polar surface area (TPSA) is 43.4 Å². The van der Waals surface area contributed by atoms with Crippen LogP contribution in [-0.2, 0) is 14.3 Å². The van der Waals surface area contributed by atoms with Crippen molar-refractivity contribution in [3.63, 3.8) is 0 Å². The molecule has 0 aromatic rings. The highest BCUT2D eigenvalue weighted by molar-refractivity contribution is 5.88. The van der Waals surface area contributed by atoms with Gasteiger partial charge in [-0.05, 0) is 26.7 Å². The third-order valence-corrected chi connectivity index (χ3v) is 2.54. The van der Waals surface area contributed by atoms with E-state index < -0.39 is 5.41 Å². The van der Waals surface area contributed by atoms with Gasteiger partial charge in [0.2, 0.25) is 0 Å². The zero-order chi connectivity index (χ0) is 9.90. The predicted molar refractivity (Wildman–Crippen MR) is 48.2 cm³/mol. The second-order valence-electron chi connectivity index (χ2n) is 3.85. The number of hydrogen-bond donors (Lipinski definition) is 0. The normalized spacial score (nSPS) is 28.6. The van der Waals surface area contributed by atoms with E-state index in [1.165, 1.54) is 0 Å². The quantitative estimate of drug-likeness (QED) is 0.613. The Balaban J connectivity index is 2.63. The summed E-state index contributed by atoms with van der Waals surface area (Å²) in [5, 5.41) is 0. The molecule has 0 N–H and O–H groups in total. The molecule has 0 aliphatic heterocycles.